The predicted octanol–water partition coefficient (Wildman–Crippen LogP) is 8.43. The Morgan fingerprint density at radius 2 is 1.10 bits per heavy atom. The lowest BCUT2D eigenvalue weighted by Gasteiger charge is -2.47. The summed E-state index contributed by atoms with van der Waals surface area (Å²) in [6.45, 7) is 0. The Balaban J connectivity index is 1.49. The number of anilines is 3. The van der Waals surface area contributed by atoms with Crippen molar-refractivity contribution in [2.24, 2.45) is 0 Å². The Bertz CT molecular complexity index is 2200. The van der Waals surface area contributed by atoms with Crippen molar-refractivity contribution in [3.63, 3.8) is 0 Å². The zero-order valence-corrected chi connectivity index (χ0v) is 21.7. The normalized spacial score (nSPS) is 18.6. The third-order valence-corrected chi connectivity index (χ3v) is 9.11. The minimum Gasteiger partial charge on any atom is -0.280 e. The van der Waals surface area contributed by atoms with Crippen LogP contribution in [0.1, 0.15) is 11.3 Å². The summed E-state index contributed by atoms with van der Waals surface area (Å²) >= 11 is 0. The summed E-state index contributed by atoms with van der Waals surface area (Å²) in [5.41, 5.74) is 11.3. The molecule has 5 aromatic carbocycles. The van der Waals surface area contributed by atoms with Gasteiger partial charge in [0.1, 0.15) is 0 Å². The third-order valence-electron chi connectivity index (χ3n) is 9.11. The second kappa shape index (κ2) is 7.04. The first kappa shape index (κ1) is 20.7. The van der Waals surface area contributed by atoms with E-state index in [1.54, 1.807) is 0 Å². The molecule has 4 heteroatoms. The summed E-state index contributed by atoms with van der Waals surface area (Å²) in [5, 5.41) is 3.91. The Labute approximate surface area is 231 Å². The number of benzene rings is 5. The SMILES string of the molecule is C1=C2c3c(c4ccccc4n3C3(N2c2ccccc2)N(c2ccccc2)c2cccc4c5ccccc5n3c24)C1. The largest absolute Gasteiger partial charge is 0.295 e. The van der Waals surface area contributed by atoms with Crippen molar-refractivity contribution >= 4 is 55.5 Å². The van der Waals surface area contributed by atoms with Crippen molar-refractivity contribution in [1.29, 1.82) is 0 Å². The maximum atomic E-state index is 2.63. The molecule has 0 radical (unpaired) electrons. The summed E-state index contributed by atoms with van der Waals surface area (Å²) in [5.74, 6) is -0.743. The molecular formula is C36H24N4. The standard InChI is InChI=1S/C36H24N4/c1-3-12-24(13-4-1)37-32-21-11-18-28-26-16-7-9-19-30(26)39(34(28)32)36(37)38(25-14-5-2-6-15-25)33-23-22-29-27-17-8-10-20-31(27)40(36)35(29)33/h1-21,23H,22H2. The molecule has 40 heavy (non-hydrogen) atoms. The molecule has 0 amide bonds. The third kappa shape index (κ3) is 2.16. The van der Waals surface area contributed by atoms with Crippen molar-refractivity contribution < 1.29 is 0 Å². The van der Waals surface area contributed by atoms with Gasteiger partial charge in [-0.3, -0.25) is 18.9 Å². The summed E-state index contributed by atoms with van der Waals surface area (Å²) in [6.07, 6.45) is 3.38. The molecule has 0 saturated heterocycles. The highest BCUT2D eigenvalue weighted by Crippen LogP contribution is 2.61. The first-order valence-corrected chi connectivity index (χ1v) is 14.0. The van der Waals surface area contributed by atoms with Gasteiger partial charge in [-0.15, -0.1) is 0 Å². The molecule has 3 aliphatic rings. The van der Waals surface area contributed by atoms with Gasteiger partial charge in [0, 0.05) is 27.5 Å². The summed E-state index contributed by atoms with van der Waals surface area (Å²) in [6, 6.07) is 46.5. The van der Waals surface area contributed by atoms with Gasteiger partial charge < -0.3 is 0 Å². The van der Waals surface area contributed by atoms with Crippen molar-refractivity contribution in [1.82, 2.24) is 9.13 Å². The smallest absolute Gasteiger partial charge is 0.280 e. The zero-order chi connectivity index (χ0) is 26.0. The van der Waals surface area contributed by atoms with E-state index < -0.39 is 5.91 Å². The molecule has 4 nitrogen and oxygen atoms in total. The fraction of sp³-hybridized carbons (Fsp3) is 0.0556. The van der Waals surface area contributed by atoms with Crippen LogP contribution >= 0.6 is 0 Å². The predicted molar refractivity (Wildman–Crippen MR) is 164 cm³/mol. The molecule has 2 aliphatic heterocycles. The van der Waals surface area contributed by atoms with Crippen LogP contribution in [0.4, 0.5) is 17.1 Å². The van der Waals surface area contributed by atoms with E-state index in [1.807, 2.05) is 0 Å². The van der Waals surface area contributed by atoms with Gasteiger partial charge in [-0.25, -0.2) is 0 Å². The van der Waals surface area contributed by atoms with E-state index in [0.29, 0.717) is 0 Å². The number of fused-ring (bicyclic) bond motifs is 8. The van der Waals surface area contributed by atoms with Crippen LogP contribution in [0.3, 0.4) is 0 Å². The van der Waals surface area contributed by atoms with Gasteiger partial charge in [0.25, 0.3) is 5.91 Å². The second-order valence-corrected chi connectivity index (χ2v) is 10.9. The van der Waals surface area contributed by atoms with Crippen molar-refractivity contribution in [2.45, 2.75) is 12.3 Å². The minimum atomic E-state index is -0.743. The molecule has 1 aliphatic carbocycles. The Kier molecular flexibility index (Phi) is 3.65. The number of rotatable bonds is 2. The molecular weight excluding hydrogens is 488 g/mol. The van der Waals surface area contributed by atoms with Gasteiger partial charge in [0.15, 0.2) is 0 Å². The lowest BCUT2D eigenvalue weighted by Crippen LogP contribution is -2.59. The van der Waals surface area contributed by atoms with E-state index in [-0.39, 0.29) is 0 Å². The van der Waals surface area contributed by atoms with E-state index in [1.165, 1.54) is 61.0 Å². The van der Waals surface area contributed by atoms with E-state index in [2.05, 4.69) is 152 Å². The molecule has 0 fully saturated rings. The average molecular weight is 513 g/mol. The highest BCUT2D eigenvalue weighted by Gasteiger charge is 2.61. The van der Waals surface area contributed by atoms with Crippen molar-refractivity contribution in [2.75, 3.05) is 9.80 Å². The second-order valence-electron chi connectivity index (χ2n) is 10.9. The molecule has 1 spiro atoms. The quantitative estimate of drug-likeness (QED) is 0.231. The van der Waals surface area contributed by atoms with Crippen molar-refractivity contribution in [3.8, 4) is 0 Å². The van der Waals surface area contributed by atoms with Crippen LogP contribution < -0.4 is 9.80 Å². The maximum absolute atomic E-state index is 2.63. The highest BCUT2D eigenvalue weighted by atomic mass is 15.7. The van der Waals surface area contributed by atoms with Gasteiger partial charge >= 0.3 is 0 Å². The number of hydrogen-bond acceptors (Lipinski definition) is 2. The van der Waals surface area contributed by atoms with Crippen molar-refractivity contribution in [3.05, 3.63) is 145 Å². The molecule has 1 unspecified atom stereocenters. The number of para-hydroxylation sites is 5. The first-order chi connectivity index (χ1) is 19.9. The van der Waals surface area contributed by atoms with Gasteiger partial charge in [0.2, 0.25) is 0 Å². The van der Waals surface area contributed by atoms with Crippen LogP contribution in [0.15, 0.2) is 133 Å². The fourth-order valence-corrected chi connectivity index (χ4v) is 7.78. The number of allylic oxidation sites excluding steroid dienone is 1. The minimum absolute atomic E-state index is 0.743. The molecule has 7 aromatic rings. The molecule has 1 atom stereocenters. The van der Waals surface area contributed by atoms with Crippen LogP contribution in [0.2, 0.25) is 0 Å². The highest BCUT2D eigenvalue weighted by molar-refractivity contribution is 6.16. The summed E-state index contributed by atoms with van der Waals surface area (Å²) in [7, 11) is 0. The Morgan fingerprint density at radius 1 is 0.500 bits per heavy atom. The maximum Gasteiger partial charge on any atom is 0.295 e. The monoisotopic (exact) mass is 512 g/mol. The van der Waals surface area contributed by atoms with E-state index in [0.717, 1.165) is 12.1 Å². The van der Waals surface area contributed by atoms with E-state index >= 15 is 0 Å². The van der Waals surface area contributed by atoms with Gasteiger partial charge in [-0.1, -0.05) is 91.0 Å². The van der Waals surface area contributed by atoms with Crippen LogP contribution in [0.25, 0.3) is 38.4 Å². The Morgan fingerprint density at radius 3 is 1.85 bits per heavy atom. The lowest BCUT2D eigenvalue weighted by molar-refractivity contribution is 0.299. The van der Waals surface area contributed by atoms with Gasteiger partial charge in [-0.2, -0.15) is 0 Å². The molecule has 188 valence electrons. The lowest BCUT2D eigenvalue weighted by atomic mass is 10.1. The number of nitrogens with zero attached hydrogens (tertiary/aromatic N) is 4. The molecule has 0 N–H and O–H groups in total. The first-order valence-electron chi connectivity index (χ1n) is 14.0. The summed E-state index contributed by atoms with van der Waals surface area (Å²) in [4.78, 5) is 5.16. The van der Waals surface area contributed by atoms with Crippen LogP contribution in [0, 0.1) is 0 Å². The average Bonchev–Trinajstić information content (AvgIpc) is 3.79. The molecule has 0 saturated carbocycles. The van der Waals surface area contributed by atoms with Gasteiger partial charge in [0.05, 0.1) is 33.6 Å². The van der Waals surface area contributed by atoms with Crippen LogP contribution in [-0.4, -0.2) is 9.13 Å². The topological polar surface area (TPSA) is 16.3 Å². The molecule has 10 rings (SSSR count). The number of aromatic nitrogens is 2. The Hall–Kier alpha value is -5.22. The van der Waals surface area contributed by atoms with Crippen LogP contribution in [0.5, 0.6) is 0 Å². The zero-order valence-electron chi connectivity index (χ0n) is 21.7. The van der Waals surface area contributed by atoms with Crippen LogP contribution in [-0.2, 0) is 12.3 Å². The fourth-order valence-electron chi connectivity index (χ4n) is 7.78. The molecule has 0 bridgehead atoms. The molecule has 4 heterocycles. The molecule has 2 aromatic heterocycles. The summed E-state index contributed by atoms with van der Waals surface area (Å²) < 4.78 is 5.24. The van der Waals surface area contributed by atoms with E-state index in [4.69, 9.17) is 0 Å². The van der Waals surface area contributed by atoms with E-state index in [9.17, 15) is 0 Å². The van der Waals surface area contributed by atoms with Gasteiger partial charge in [-0.05, 0) is 54.4 Å². The number of hydrogen-bond donors (Lipinski definition) is 0.